The van der Waals surface area contributed by atoms with Crippen molar-refractivity contribution in [3.05, 3.63) is 52.9 Å². The van der Waals surface area contributed by atoms with Crippen LogP contribution in [0.25, 0.3) is 10.8 Å². The molecule has 178 valence electrons. The summed E-state index contributed by atoms with van der Waals surface area (Å²) in [7, 11) is 1.89. The normalized spacial score (nSPS) is 27.5. The summed E-state index contributed by atoms with van der Waals surface area (Å²) >= 11 is 6.68. The van der Waals surface area contributed by atoms with Crippen molar-refractivity contribution in [3.8, 4) is 0 Å². The lowest BCUT2D eigenvalue weighted by atomic mass is 9.80. The van der Waals surface area contributed by atoms with Crippen LogP contribution < -0.4 is 5.32 Å². The van der Waals surface area contributed by atoms with E-state index in [2.05, 4.69) is 26.4 Å². The molecule has 0 spiro atoms. The molecule has 2 atom stereocenters. The molecule has 34 heavy (non-hydrogen) atoms. The minimum atomic E-state index is -0.642. The summed E-state index contributed by atoms with van der Waals surface area (Å²) in [6.45, 7) is 1.19. The highest BCUT2D eigenvalue weighted by Crippen LogP contribution is 2.48. The van der Waals surface area contributed by atoms with Crippen molar-refractivity contribution in [3.63, 3.8) is 0 Å². The van der Waals surface area contributed by atoms with Crippen molar-refractivity contribution in [1.82, 2.24) is 19.7 Å². The Kier molecular flexibility index (Phi) is 5.57. The van der Waals surface area contributed by atoms with Crippen molar-refractivity contribution in [1.29, 1.82) is 0 Å². The number of hydrogen-bond donors (Lipinski definition) is 1. The van der Waals surface area contributed by atoms with Crippen LogP contribution in [-0.4, -0.2) is 50.9 Å². The number of halogens is 2. The van der Waals surface area contributed by atoms with Gasteiger partial charge < -0.3 is 5.32 Å². The van der Waals surface area contributed by atoms with Gasteiger partial charge in [0.05, 0.1) is 6.20 Å². The maximum absolute atomic E-state index is 13.2. The molecule has 2 aliphatic carbocycles. The highest BCUT2D eigenvalue weighted by molar-refractivity contribution is 6.32. The van der Waals surface area contributed by atoms with Crippen molar-refractivity contribution in [2.75, 3.05) is 18.4 Å². The second kappa shape index (κ2) is 8.61. The number of fused-ring (bicyclic) bond motifs is 1. The molecule has 1 N–H and O–H groups in total. The van der Waals surface area contributed by atoms with Crippen molar-refractivity contribution in [2.24, 2.45) is 13.0 Å². The molecule has 0 radical (unpaired) electrons. The zero-order chi connectivity index (χ0) is 23.4. The molecule has 0 unspecified atom stereocenters. The second-order valence-electron chi connectivity index (χ2n) is 10.2. The minimum Gasteiger partial charge on any atom is -0.310 e. The third-order valence-corrected chi connectivity index (χ3v) is 8.21. The van der Waals surface area contributed by atoms with Gasteiger partial charge in [0.1, 0.15) is 12.0 Å². The Morgan fingerprint density at radius 2 is 1.91 bits per heavy atom. The fourth-order valence-electron chi connectivity index (χ4n) is 5.77. The lowest BCUT2D eigenvalue weighted by molar-refractivity contribution is -0.117. The van der Waals surface area contributed by atoms with Gasteiger partial charge >= 0.3 is 0 Å². The summed E-state index contributed by atoms with van der Waals surface area (Å²) in [5, 5.41) is 10.00. The van der Waals surface area contributed by atoms with Crippen LogP contribution in [0.1, 0.15) is 55.1 Å². The third-order valence-electron chi connectivity index (χ3n) is 7.89. The van der Waals surface area contributed by atoms with Gasteiger partial charge in [-0.3, -0.25) is 14.4 Å². The fourth-order valence-corrected chi connectivity index (χ4v) is 6.10. The Morgan fingerprint density at radius 1 is 1.12 bits per heavy atom. The van der Waals surface area contributed by atoms with E-state index in [1.165, 1.54) is 5.56 Å². The lowest BCUT2D eigenvalue weighted by Crippen LogP contribution is -2.54. The molecule has 2 saturated carbocycles. The molecular weight excluding hydrogens is 453 g/mol. The lowest BCUT2D eigenvalue weighted by Gasteiger charge is -2.43. The third kappa shape index (κ3) is 4.20. The van der Waals surface area contributed by atoms with Crippen molar-refractivity contribution >= 4 is 34.1 Å². The maximum Gasteiger partial charge on any atom is 0.229 e. The van der Waals surface area contributed by atoms with E-state index in [1.54, 1.807) is 10.9 Å². The highest BCUT2D eigenvalue weighted by Gasteiger charge is 2.44. The summed E-state index contributed by atoms with van der Waals surface area (Å²) in [6.07, 6.45) is 10.1. The van der Waals surface area contributed by atoms with Gasteiger partial charge in [0.2, 0.25) is 5.91 Å². The predicted molar refractivity (Wildman–Crippen MR) is 131 cm³/mol. The molecule has 8 heteroatoms. The van der Waals surface area contributed by atoms with Crippen molar-refractivity contribution < 1.29 is 9.18 Å². The van der Waals surface area contributed by atoms with Crippen molar-refractivity contribution in [2.45, 2.75) is 56.2 Å². The zero-order valence-electron chi connectivity index (χ0n) is 19.3. The number of anilines is 1. The Balaban J connectivity index is 1.14. The number of hydrogen-bond acceptors (Lipinski definition) is 4. The Bertz CT molecular complexity index is 1230. The molecule has 1 aliphatic heterocycles. The van der Waals surface area contributed by atoms with E-state index in [0.29, 0.717) is 30.9 Å². The SMILES string of the molecule is Cn1cc([C@@H]2C[C@H]2C(=O)Nc2cc3cc([C@H]4CC[C@H](N5CC(F)C5)CC4)c(Cl)cc3cn2)cn1. The maximum atomic E-state index is 13.2. The largest absolute Gasteiger partial charge is 0.310 e. The number of nitrogens with zero attached hydrogens (tertiary/aromatic N) is 4. The van der Waals surface area contributed by atoms with Gasteiger partial charge in [-0.2, -0.15) is 5.10 Å². The number of nitrogens with one attached hydrogen (secondary N) is 1. The zero-order valence-corrected chi connectivity index (χ0v) is 20.0. The van der Waals surface area contributed by atoms with Crippen LogP contribution in [0.2, 0.25) is 5.02 Å². The van der Waals surface area contributed by atoms with Gasteiger partial charge in [-0.25, -0.2) is 9.37 Å². The van der Waals surface area contributed by atoms with E-state index in [4.69, 9.17) is 11.6 Å². The first-order chi connectivity index (χ1) is 16.4. The summed E-state index contributed by atoms with van der Waals surface area (Å²) < 4.78 is 15.0. The number of carbonyl (C=O) groups excluding carboxylic acids is 1. The smallest absolute Gasteiger partial charge is 0.229 e. The molecule has 2 aromatic heterocycles. The number of aromatic nitrogens is 3. The number of amides is 1. The highest BCUT2D eigenvalue weighted by atomic mass is 35.5. The van der Waals surface area contributed by atoms with Crippen LogP contribution in [0.5, 0.6) is 0 Å². The average Bonchev–Trinajstić information content (AvgIpc) is 3.50. The van der Waals surface area contributed by atoms with Crippen LogP contribution in [0.3, 0.4) is 0 Å². The first-order valence-corrected chi connectivity index (χ1v) is 12.6. The van der Waals surface area contributed by atoms with E-state index < -0.39 is 6.17 Å². The van der Waals surface area contributed by atoms with Crippen LogP contribution in [0, 0.1) is 5.92 Å². The van der Waals surface area contributed by atoms with Gasteiger partial charge in [0.25, 0.3) is 0 Å². The molecule has 0 bridgehead atoms. The summed E-state index contributed by atoms with van der Waals surface area (Å²) in [4.78, 5) is 19.5. The van der Waals surface area contributed by atoms with E-state index in [9.17, 15) is 9.18 Å². The number of rotatable bonds is 5. The van der Waals surface area contributed by atoms with E-state index in [-0.39, 0.29) is 17.7 Å². The number of likely N-dealkylation sites (tertiary alicyclic amines) is 1. The fraction of sp³-hybridized carbons (Fsp3) is 0.500. The molecule has 1 aromatic carbocycles. The Morgan fingerprint density at radius 3 is 2.62 bits per heavy atom. The topological polar surface area (TPSA) is 63.1 Å². The van der Waals surface area contributed by atoms with E-state index in [1.807, 2.05) is 31.6 Å². The molecule has 1 amide bonds. The standard InChI is InChI=1S/C26H29ClFN5O/c1-32-12-18(11-30-32)21-9-23(21)26(34)31-25-8-16-6-22(24(27)7-17(16)10-29-25)15-2-4-20(5-3-15)33-13-19(28)14-33/h6-8,10-12,15,19-21,23H,2-5,9,13-14H2,1H3,(H,29,31,34)/t15-,20-,21-,23+/m0/s1. The molecular formula is C26H29ClFN5O. The van der Waals surface area contributed by atoms with Crippen LogP contribution in [-0.2, 0) is 11.8 Å². The number of alkyl halides is 1. The Hall–Kier alpha value is -2.51. The molecule has 3 aliphatic rings. The second-order valence-corrected chi connectivity index (χ2v) is 10.6. The van der Waals surface area contributed by atoms with Gasteiger partial charge in [-0.1, -0.05) is 11.6 Å². The first kappa shape index (κ1) is 22.0. The predicted octanol–water partition coefficient (Wildman–Crippen LogP) is 5.04. The van der Waals surface area contributed by atoms with E-state index in [0.717, 1.165) is 53.5 Å². The van der Waals surface area contributed by atoms with Crippen LogP contribution in [0.4, 0.5) is 10.2 Å². The first-order valence-electron chi connectivity index (χ1n) is 12.2. The van der Waals surface area contributed by atoms with Gasteiger partial charge in [0.15, 0.2) is 0 Å². The molecule has 6 rings (SSSR count). The number of aryl methyl sites for hydroxylation is 1. The molecule has 3 heterocycles. The average molecular weight is 482 g/mol. The summed E-state index contributed by atoms with van der Waals surface area (Å²) in [6, 6.07) is 6.60. The van der Waals surface area contributed by atoms with Gasteiger partial charge in [-0.15, -0.1) is 0 Å². The summed E-state index contributed by atoms with van der Waals surface area (Å²) in [5.74, 6) is 1.20. The van der Waals surface area contributed by atoms with Crippen LogP contribution in [0.15, 0.2) is 36.8 Å². The van der Waals surface area contributed by atoms with Gasteiger partial charge in [0, 0.05) is 54.9 Å². The van der Waals surface area contributed by atoms with E-state index >= 15 is 0 Å². The molecule has 1 saturated heterocycles. The Labute approximate surface area is 203 Å². The quantitative estimate of drug-likeness (QED) is 0.554. The minimum absolute atomic E-state index is 0.00900. The molecule has 6 nitrogen and oxygen atoms in total. The summed E-state index contributed by atoms with van der Waals surface area (Å²) in [5.41, 5.74) is 2.28. The number of carbonyl (C=O) groups is 1. The van der Waals surface area contributed by atoms with Gasteiger partial charge in [-0.05, 0) is 78.7 Å². The monoisotopic (exact) mass is 481 g/mol. The number of pyridine rings is 1. The molecule has 3 fully saturated rings. The number of benzene rings is 1. The molecule has 3 aromatic rings. The van der Waals surface area contributed by atoms with Crippen LogP contribution >= 0.6 is 11.6 Å².